The van der Waals surface area contributed by atoms with Crippen LogP contribution in [-0.2, 0) is 4.57 Å². The summed E-state index contributed by atoms with van der Waals surface area (Å²) in [6, 6.07) is 0. The van der Waals surface area contributed by atoms with Crippen molar-refractivity contribution in [1.82, 2.24) is 0 Å². The van der Waals surface area contributed by atoms with Gasteiger partial charge in [0.25, 0.3) is 0 Å². The van der Waals surface area contributed by atoms with Crippen LogP contribution < -0.4 is 0 Å². The zero-order valence-corrected chi connectivity index (χ0v) is 8.06. The molecule has 0 bridgehead atoms. The molecule has 0 aromatic rings. The van der Waals surface area contributed by atoms with Crippen LogP contribution in [0, 0.1) is 11.8 Å². The molecule has 0 saturated carbocycles. The molecule has 0 saturated heterocycles. The van der Waals surface area contributed by atoms with E-state index in [-0.39, 0.29) is 0 Å². The molecule has 0 aliphatic carbocycles. The molecular weight excluding hydrogens is 143 g/mol. The SMILES string of the molecule is CC(C)C1=C(C(C)C)[PH]1=O. The minimum atomic E-state index is -1.32. The van der Waals surface area contributed by atoms with Gasteiger partial charge in [0, 0.05) is 10.6 Å². The molecule has 0 aromatic carbocycles. The zero-order valence-electron chi connectivity index (χ0n) is 7.06. The monoisotopic (exact) mass is 158 g/mol. The maximum absolute atomic E-state index is 11.2. The first kappa shape index (κ1) is 8.07. The van der Waals surface area contributed by atoms with Crippen LogP contribution in [0.3, 0.4) is 0 Å². The van der Waals surface area contributed by atoms with Crippen LogP contribution in [0.25, 0.3) is 0 Å². The highest BCUT2D eigenvalue weighted by Crippen LogP contribution is 2.65. The molecule has 0 radical (unpaired) electrons. The Kier molecular flexibility index (Phi) is 2.05. The fourth-order valence-corrected chi connectivity index (χ4v) is 3.52. The quantitative estimate of drug-likeness (QED) is 0.564. The average Bonchev–Trinajstić information content (AvgIpc) is 2.40. The molecule has 1 aliphatic heterocycles. The third kappa shape index (κ3) is 1.20. The number of rotatable bonds is 2. The van der Waals surface area contributed by atoms with Gasteiger partial charge in [-0.3, -0.25) is 0 Å². The first-order valence-corrected chi connectivity index (χ1v) is 5.25. The van der Waals surface area contributed by atoms with Gasteiger partial charge in [-0.05, 0) is 11.8 Å². The number of hydrogen-bond donors (Lipinski definition) is 0. The average molecular weight is 158 g/mol. The second-order valence-electron chi connectivity index (χ2n) is 3.47. The minimum Gasteiger partial charge on any atom is -0.318 e. The van der Waals surface area contributed by atoms with Crippen LogP contribution in [0.1, 0.15) is 27.7 Å². The van der Waals surface area contributed by atoms with E-state index >= 15 is 0 Å². The first-order valence-electron chi connectivity index (χ1n) is 3.84. The number of allylic oxidation sites excluding steroid dienone is 2. The highest BCUT2D eigenvalue weighted by atomic mass is 31.1. The smallest absolute Gasteiger partial charge is 0.125 e. The summed E-state index contributed by atoms with van der Waals surface area (Å²) in [5, 5.41) is 2.53. The molecule has 0 aromatic heterocycles. The van der Waals surface area contributed by atoms with Crippen molar-refractivity contribution in [2.75, 3.05) is 0 Å². The van der Waals surface area contributed by atoms with E-state index in [1.807, 2.05) is 0 Å². The van der Waals surface area contributed by atoms with Crippen molar-refractivity contribution >= 4 is 7.80 Å². The second kappa shape index (κ2) is 2.54. The lowest BCUT2D eigenvalue weighted by atomic mass is 10.1. The maximum Gasteiger partial charge on any atom is 0.125 e. The molecule has 1 aliphatic rings. The van der Waals surface area contributed by atoms with Crippen LogP contribution in [0.5, 0.6) is 0 Å². The molecule has 0 amide bonds. The Bertz CT molecular complexity index is 181. The van der Waals surface area contributed by atoms with Gasteiger partial charge in [-0.25, -0.2) is 0 Å². The number of hydrogen-bond acceptors (Lipinski definition) is 1. The highest BCUT2D eigenvalue weighted by Gasteiger charge is 2.35. The van der Waals surface area contributed by atoms with Crippen molar-refractivity contribution in [2.24, 2.45) is 11.8 Å². The molecule has 1 rings (SSSR count). The van der Waals surface area contributed by atoms with E-state index < -0.39 is 7.80 Å². The second-order valence-corrected chi connectivity index (χ2v) is 5.20. The fraction of sp³-hybridized carbons (Fsp3) is 0.750. The Balaban J connectivity index is 2.71. The third-order valence-corrected chi connectivity index (χ3v) is 4.29. The summed E-state index contributed by atoms with van der Waals surface area (Å²) >= 11 is 0. The minimum absolute atomic E-state index is 0.517. The molecule has 1 nitrogen and oxygen atoms in total. The van der Waals surface area contributed by atoms with Gasteiger partial charge < -0.3 is 4.57 Å². The van der Waals surface area contributed by atoms with Crippen LogP contribution in [0.2, 0.25) is 0 Å². The van der Waals surface area contributed by atoms with Gasteiger partial charge in [-0.2, -0.15) is 0 Å². The first-order chi connectivity index (χ1) is 4.55. The molecule has 58 valence electrons. The van der Waals surface area contributed by atoms with Crippen molar-refractivity contribution in [2.45, 2.75) is 27.7 Å². The van der Waals surface area contributed by atoms with Gasteiger partial charge in [0.2, 0.25) is 0 Å². The molecule has 0 atom stereocenters. The molecular formula is C8H15OP. The van der Waals surface area contributed by atoms with Gasteiger partial charge in [-0.1, -0.05) is 27.7 Å². The molecule has 0 spiro atoms. The summed E-state index contributed by atoms with van der Waals surface area (Å²) in [4.78, 5) is 0. The van der Waals surface area contributed by atoms with Crippen molar-refractivity contribution < 1.29 is 4.57 Å². The molecule has 10 heavy (non-hydrogen) atoms. The van der Waals surface area contributed by atoms with Crippen molar-refractivity contribution in [3.05, 3.63) is 10.6 Å². The Hall–Kier alpha value is -0.0300. The molecule has 0 unspecified atom stereocenters. The zero-order chi connectivity index (χ0) is 7.89. The van der Waals surface area contributed by atoms with E-state index in [4.69, 9.17) is 0 Å². The Morgan fingerprint density at radius 3 is 1.40 bits per heavy atom. The van der Waals surface area contributed by atoms with Gasteiger partial charge in [0.1, 0.15) is 7.80 Å². The van der Waals surface area contributed by atoms with Crippen molar-refractivity contribution in [3.8, 4) is 0 Å². The lowest BCUT2D eigenvalue weighted by Gasteiger charge is -1.92. The van der Waals surface area contributed by atoms with Gasteiger partial charge in [0.15, 0.2) is 0 Å². The molecule has 2 heteroatoms. The van der Waals surface area contributed by atoms with Crippen molar-refractivity contribution in [3.63, 3.8) is 0 Å². The normalized spacial score (nSPS) is 19.4. The summed E-state index contributed by atoms with van der Waals surface area (Å²) in [6.07, 6.45) is 0. The van der Waals surface area contributed by atoms with Gasteiger partial charge in [0.05, 0.1) is 0 Å². The summed E-state index contributed by atoms with van der Waals surface area (Å²) < 4.78 is 11.2. The van der Waals surface area contributed by atoms with Crippen LogP contribution in [-0.4, -0.2) is 0 Å². The Morgan fingerprint density at radius 1 is 1.00 bits per heavy atom. The van der Waals surface area contributed by atoms with Crippen LogP contribution >= 0.6 is 7.80 Å². The Labute approximate surface area is 63.3 Å². The molecule has 1 heterocycles. The summed E-state index contributed by atoms with van der Waals surface area (Å²) in [7, 11) is -1.32. The topological polar surface area (TPSA) is 17.1 Å². The van der Waals surface area contributed by atoms with Crippen LogP contribution in [0.15, 0.2) is 10.6 Å². The van der Waals surface area contributed by atoms with E-state index in [0.29, 0.717) is 11.8 Å². The lowest BCUT2D eigenvalue weighted by Crippen LogP contribution is -1.81. The summed E-state index contributed by atoms with van der Waals surface area (Å²) in [5.41, 5.74) is 0. The molecule has 0 N–H and O–H groups in total. The van der Waals surface area contributed by atoms with E-state index in [1.54, 1.807) is 0 Å². The molecule has 0 fully saturated rings. The summed E-state index contributed by atoms with van der Waals surface area (Å²) in [6.45, 7) is 8.47. The largest absolute Gasteiger partial charge is 0.318 e. The van der Waals surface area contributed by atoms with E-state index in [0.717, 1.165) is 0 Å². The van der Waals surface area contributed by atoms with Gasteiger partial charge in [-0.15, -0.1) is 0 Å². The maximum atomic E-state index is 11.2. The summed E-state index contributed by atoms with van der Waals surface area (Å²) in [5.74, 6) is 1.03. The predicted molar refractivity (Wildman–Crippen MR) is 45.7 cm³/mol. The van der Waals surface area contributed by atoms with E-state index in [9.17, 15) is 4.57 Å². The van der Waals surface area contributed by atoms with Gasteiger partial charge >= 0.3 is 0 Å². The highest BCUT2D eigenvalue weighted by molar-refractivity contribution is 7.62. The van der Waals surface area contributed by atoms with E-state index in [1.165, 1.54) is 10.6 Å². The Morgan fingerprint density at radius 2 is 1.30 bits per heavy atom. The fourth-order valence-electron chi connectivity index (χ4n) is 1.34. The standard InChI is InChI=1S/C8H15OP/c1-5(2)7-8(6(3)4)10(7)9/h5-6,10H,1-4H3. The van der Waals surface area contributed by atoms with E-state index in [2.05, 4.69) is 27.7 Å². The van der Waals surface area contributed by atoms with Crippen molar-refractivity contribution in [1.29, 1.82) is 0 Å². The van der Waals surface area contributed by atoms with Crippen LogP contribution in [0.4, 0.5) is 0 Å². The lowest BCUT2D eigenvalue weighted by molar-refractivity contribution is 0.595. The predicted octanol–water partition coefficient (Wildman–Crippen LogP) is 3.08. The third-order valence-electron chi connectivity index (χ3n) is 1.87.